The van der Waals surface area contributed by atoms with Crippen LogP contribution in [0, 0.1) is 0 Å². The Morgan fingerprint density at radius 2 is 1.14 bits per heavy atom. The molecule has 0 bridgehead atoms. The Labute approximate surface area is 176 Å². The second kappa shape index (κ2) is 29.5. The summed E-state index contributed by atoms with van der Waals surface area (Å²) in [6.07, 6.45) is 1.80. The van der Waals surface area contributed by atoms with Gasteiger partial charge in [-0.25, -0.2) is 0 Å². The van der Waals surface area contributed by atoms with Crippen molar-refractivity contribution >= 4 is 96.7 Å². The quantitative estimate of drug-likeness (QED) is 0.200. The van der Waals surface area contributed by atoms with E-state index in [0.717, 1.165) is 18.7 Å². The van der Waals surface area contributed by atoms with E-state index in [1.807, 2.05) is 13.8 Å². The fourth-order valence-corrected chi connectivity index (χ4v) is 0.703. The summed E-state index contributed by atoms with van der Waals surface area (Å²) in [5.74, 6) is 0.887. The van der Waals surface area contributed by atoms with Gasteiger partial charge < -0.3 is 4.79 Å². The molecule has 0 N–H and O–H groups in total. The highest BCUT2D eigenvalue weighted by Gasteiger charge is 1.94. The van der Waals surface area contributed by atoms with Crippen molar-refractivity contribution in [1.82, 2.24) is 0 Å². The highest BCUT2D eigenvalue weighted by molar-refractivity contribution is 14.3. The van der Waals surface area contributed by atoms with Gasteiger partial charge in [0.05, 0.1) is 6.42 Å². The number of carbonyl (C=O) groups is 3. The summed E-state index contributed by atoms with van der Waals surface area (Å²) in [5.41, 5.74) is 0. The molecule has 0 fully saturated rings. The molecule has 0 aromatic carbocycles. The normalized spacial score (nSPS) is 7.71. The van der Waals surface area contributed by atoms with Crippen molar-refractivity contribution in [3.05, 3.63) is 0 Å². The number of halogens is 4. The SMILES string of the molecule is C.CC(=O)CC(C)=O.CCCC(C)=O.CCCl.IC(I)I. The minimum absolute atomic E-state index is 0. The van der Waals surface area contributed by atoms with Gasteiger partial charge in [0.2, 0.25) is 0 Å². The molecule has 3 nitrogen and oxygen atoms in total. The van der Waals surface area contributed by atoms with Crippen LogP contribution in [-0.4, -0.2) is 23.2 Å². The predicted molar refractivity (Wildman–Crippen MR) is 121 cm³/mol. The third-order valence-corrected chi connectivity index (χ3v) is 1.10. The first-order valence-electron chi connectivity index (χ1n) is 6.01. The zero-order valence-corrected chi connectivity index (χ0v) is 19.9. The molecule has 0 atom stereocenters. The summed E-state index contributed by atoms with van der Waals surface area (Å²) in [5, 5.41) is 0. The largest absolute Gasteiger partial charge is 0.300 e. The van der Waals surface area contributed by atoms with Crippen molar-refractivity contribution in [1.29, 1.82) is 0 Å². The van der Waals surface area contributed by atoms with Gasteiger partial charge in [-0.15, -0.1) is 11.6 Å². The summed E-state index contributed by atoms with van der Waals surface area (Å²) >= 11 is 11.9. The van der Waals surface area contributed by atoms with Crippen LogP contribution in [0.5, 0.6) is 0 Å². The topological polar surface area (TPSA) is 51.2 Å². The van der Waals surface area contributed by atoms with Crippen molar-refractivity contribution in [3.8, 4) is 0 Å². The molecule has 0 rings (SSSR count). The molecule has 130 valence electrons. The standard InChI is InChI=1S/C5H8O2.C5H10O.C2H5Cl.CHI3.CH4/c1-4(6)3-5(2)7;1-3-4-5(2)6;1-2-3;2-1(3)4;/h3H2,1-2H3;3-4H2,1-2H3;2H2,1H3;1H;1H4. The Morgan fingerprint density at radius 1 is 0.905 bits per heavy atom. The second-order valence-corrected chi connectivity index (χ2v) is 15.0. The van der Waals surface area contributed by atoms with Gasteiger partial charge in [-0.1, -0.05) is 89.0 Å². The van der Waals surface area contributed by atoms with Crippen molar-refractivity contribution in [2.75, 3.05) is 5.88 Å². The third-order valence-electron chi connectivity index (χ3n) is 1.10. The lowest BCUT2D eigenvalue weighted by atomic mass is 10.2. The fourth-order valence-electron chi connectivity index (χ4n) is 0.703. The maximum Gasteiger partial charge on any atom is 0.137 e. The first-order valence-corrected chi connectivity index (χ1v) is 10.3. The van der Waals surface area contributed by atoms with Crippen molar-refractivity contribution in [3.63, 3.8) is 0 Å². The van der Waals surface area contributed by atoms with Gasteiger partial charge in [0.1, 0.15) is 17.3 Å². The summed E-state index contributed by atoms with van der Waals surface area (Å²) in [6, 6.07) is 0. The summed E-state index contributed by atoms with van der Waals surface area (Å²) in [7, 11) is 0. The molecule has 0 saturated carbocycles. The van der Waals surface area contributed by atoms with Gasteiger partial charge in [-0.05, 0) is 27.2 Å². The van der Waals surface area contributed by atoms with Crippen LogP contribution in [0.25, 0.3) is 0 Å². The van der Waals surface area contributed by atoms with E-state index < -0.39 is 0 Å². The highest BCUT2D eigenvalue weighted by atomic mass is 127. The molecule has 0 aromatic heterocycles. The monoisotopic (exact) mass is 660 g/mol. The summed E-state index contributed by atoms with van der Waals surface area (Å²) in [6.45, 7) is 8.31. The minimum Gasteiger partial charge on any atom is -0.300 e. The van der Waals surface area contributed by atoms with Crippen LogP contribution in [0.4, 0.5) is 0 Å². The van der Waals surface area contributed by atoms with Gasteiger partial charge in [-0.2, -0.15) is 0 Å². The Bertz CT molecular complexity index is 233. The van der Waals surface area contributed by atoms with Gasteiger partial charge in [0, 0.05) is 12.3 Å². The van der Waals surface area contributed by atoms with Crippen LogP contribution in [0.2, 0.25) is 0 Å². The molecule has 0 amide bonds. The van der Waals surface area contributed by atoms with Crippen LogP contribution in [0.3, 0.4) is 0 Å². The minimum atomic E-state index is -0.0625. The molecule has 0 spiro atoms. The molecule has 0 aliphatic rings. The molecule has 0 aliphatic carbocycles. The highest BCUT2D eigenvalue weighted by Crippen LogP contribution is 2.16. The number of alkyl halides is 4. The maximum atomic E-state index is 10.0. The van der Waals surface area contributed by atoms with E-state index in [1.54, 1.807) is 6.92 Å². The van der Waals surface area contributed by atoms with E-state index in [0.29, 0.717) is 0 Å². The maximum absolute atomic E-state index is 10.0. The van der Waals surface area contributed by atoms with Gasteiger partial charge in [-0.3, -0.25) is 9.59 Å². The van der Waals surface area contributed by atoms with E-state index >= 15 is 0 Å². The average Bonchev–Trinajstić information content (AvgIpc) is 2.15. The van der Waals surface area contributed by atoms with E-state index in [2.05, 4.69) is 67.8 Å². The van der Waals surface area contributed by atoms with E-state index in [9.17, 15) is 14.4 Å². The van der Waals surface area contributed by atoms with Crippen LogP contribution >= 0.6 is 79.4 Å². The molecule has 21 heavy (non-hydrogen) atoms. The number of rotatable bonds is 4. The predicted octanol–water partition coefficient (Wildman–Crippen LogP) is 6.39. The van der Waals surface area contributed by atoms with E-state index in [1.165, 1.54) is 13.8 Å². The van der Waals surface area contributed by atoms with Crippen molar-refractivity contribution in [2.45, 2.75) is 61.2 Å². The van der Waals surface area contributed by atoms with Crippen LogP contribution in [-0.2, 0) is 14.4 Å². The molecule has 0 aromatic rings. The van der Waals surface area contributed by atoms with Crippen LogP contribution in [0.15, 0.2) is 0 Å². The molecule has 0 unspecified atom stereocenters. The lowest BCUT2D eigenvalue weighted by Gasteiger charge is -1.81. The van der Waals surface area contributed by atoms with Crippen LogP contribution < -0.4 is 0 Å². The average molecular weight is 661 g/mol. The van der Waals surface area contributed by atoms with Gasteiger partial charge in [0.15, 0.2) is 0 Å². The van der Waals surface area contributed by atoms with Gasteiger partial charge in [0.25, 0.3) is 0 Å². The fraction of sp³-hybridized carbons (Fsp3) is 0.786. The first-order chi connectivity index (χ1) is 9.04. The molecular weight excluding hydrogens is 632 g/mol. The molecule has 0 radical (unpaired) electrons. The number of Topliss-reactive ketones (excluding diaryl/α,β-unsaturated/α-hetero) is 3. The second-order valence-electron chi connectivity index (χ2n) is 3.55. The Balaban J connectivity index is -0.0000000560. The van der Waals surface area contributed by atoms with Crippen molar-refractivity contribution in [2.24, 2.45) is 0 Å². The molecule has 7 heteroatoms. The lowest BCUT2D eigenvalue weighted by molar-refractivity contribution is -0.124. The smallest absolute Gasteiger partial charge is 0.137 e. The molecule has 0 saturated heterocycles. The van der Waals surface area contributed by atoms with Crippen LogP contribution in [0.1, 0.15) is 61.3 Å². The third kappa shape index (κ3) is 113. The van der Waals surface area contributed by atoms with Gasteiger partial charge >= 0.3 is 0 Å². The summed E-state index contributed by atoms with van der Waals surface area (Å²) in [4.78, 5) is 30.1. The van der Waals surface area contributed by atoms with E-state index in [4.69, 9.17) is 11.6 Å². The van der Waals surface area contributed by atoms with Crippen molar-refractivity contribution < 1.29 is 14.4 Å². The molecule has 0 aliphatic heterocycles. The van der Waals surface area contributed by atoms with E-state index in [-0.39, 0.29) is 31.2 Å². The Morgan fingerprint density at radius 3 is 1.14 bits per heavy atom. The Hall–Kier alpha value is 1.49. The zero-order chi connectivity index (χ0) is 17.1. The first kappa shape index (κ1) is 34.0. The zero-order valence-electron chi connectivity index (χ0n) is 12.6. The number of hydrogen-bond acceptors (Lipinski definition) is 3. The molecule has 0 heterocycles. The number of ketones is 3. The summed E-state index contributed by atoms with van der Waals surface area (Å²) < 4.78 is 0.743. The Kier molecular flexibility index (Phi) is 47.7. The lowest BCUT2D eigenvalue weighted by Crippen LogP contribution is -1.97. The molecular formula is C14H28ClI3O3. The number of carbonyl (C=O) groups excluding carboxylic acids is 3. The number of hydrogen-bond donors (Lipinski definition) is 0.